The van der Waals surface area contributed by atoms with E-state index >= 15 is 0 Å². The van der Waals surface area contributed by atoms with Gasteiger partial charge in [0.2, 0.25) is 5.78 Å². The molecule has 0 saturated carbocycles. The third kappa shape index (κ3) is 4.55. The highest BCUT2D eigenvalue weighted by Gasteiger charge is 2.54. The number of rotatable bonds is 4. The topological polar surface area (TPSA) is 206 Å². The maximum absolute atomic E-state index is 13.6. The number of hydrogen-bond donors (Lipinski definition) is 6. The van der Waals surface area contributed by atoms with Crippen LogP contribution in [0.3, 0.4) is 0 Å². The number of nitrogens with two attached hydrogens (primary N) is 1. The molecule has 41 heavy (non-hydrogen) atoms. The van der Waals surface area contributed by atoms with Crippen LogP contribution in [0.15, 0.2) is 18.2 Å². The monoisotopic (exact) mass is 593 g/mol. The summed E-state index contributed by atoms with van der Waals surface area (Å²) in [7, 11) is 1.09. The summed E-state index contributed by atoms with van der Waals surface area (Å²) in [6.07, 6.45) is -4.24. The van der Waals surface area contributed by atoms with Gasteiger partial charge < -0.3 is 45.5 Å². The van der Waals surface area contributed by atoms with Crippen molar-refractivity contribution in [1.29, 1.82) is 0 Å². The second-order valence-corrected chi connectivity index (χ2v) is 10.5. The van der Waals surface area contributed by atoms with E-state index in [1.165, 1.54) is 18.2 Å². The van der Waals surface area contributed by atoms with Crippen molar-refractivity contribution in [3.63, 3.8) is 0 Å². The molecule has 0 bridgehead atoms. The van der Waals surface area contributed by atoms with Gasteiger partial charge in [0.05, 0.1) is 47.7 Å². The zero-order valence-electron chi connectivity index (χ0n) is 22.5. The Hall–Kier alpha value is -3.26. The fourth-order valence-electron chi connectivity index (χ4n) is 6.13. The van der Waals surface area contributed by atoms with Crippen molar-refractivity contribution in [3.05, 3.63) is 51.6 Å². The van der Waals surface area contributed by atoms with Crippen LogP contribution in [0, 0.1) is 0 Å². The van der Waals surface area contributed by atoms with E-state index < -0.39 is 88.1 Å². The summed E-state index contributed by atoms with van der Waals surface area (Å²) in [6.45, 7) is 3.20. The number of carbonyl (C=O) groups excluding carboxylic acids is 3. The van der Waals surface area contributed by atoms with E-state index in [1.54, 1.807) is 13.8 Å². The Morgan fingerprint density at radius 3 is 2.34 bits per heavy atom. The zero-order chi connectivity index (χ0) is 29.3. The number of aromatic hydroxyl groups is 3. The van der Waals surface area contributed by atoms with E-state index in [4.69, 9.17) is 19.9 Å². The molecule has 0 radical (unpaired) electrons. The number of ketones is 2. The van der Waals surface area contributed by atoms with Gasteiger partial charge in [-0.15, -0.1) is 12.4 Å². The third-order valence-electron chi connectivity index (χ3n) is 8.29. The first-order chi connectivity index (χ1) is 18.9. The fraction of sp³-hybridized carbons (Fsp3) is 0.464. The number of aliphatic hydroxyl groups excluding tert-OH is 1. The molecule has 0 aromatic heterocycles. The number of ether oxygens (including phenoxy) is 3. The Kier molecular flexibility index (Phi) is 8.13. The normalized spacial score (nSPS) is 30.5. The van der Waals surface area contributed by atoms with Crippen LogP contribution < -0.4 is 5.73 Å². The molecule has 2 aromatic carbocycles. The number of methoxy groups -OCH3 is 1. The van der Waals surface area contributed by atoms with Crippen LogP contribution in [0.1, 0.15) is 88.1 Å². The summed E-state index contributed by atoms with van der Waals surface area (Å²) in [4.78, 5) is 40.2. The minimum Gasteiger partial charge on any atom is -0.507 e. The number of carbonyl (C=O) groups is 3. The highest BCUT2D eigenvalue weighted by molar-refractivity contribution is 6.31. The lowest BCUT2D eigenvalue weighted by Gasteiger charge is -2.45. The quantitative estimate of drug-likeness (QED) is 0.189. The predicted octanol–water partition coefficient (Wildman–Crippen LogP) is 1.68. The number of halogens is 1. The molecule has 2 aliphatic carbocycles. The van der Waals surface area contributed by atoms with Gasteiger partial charge in [-0.25, -0.2) is 0 Å². The molecule has 7 atom stereocenters. The van der Waals surface area contributed by atoms with E-state index in [-0.39, 0.29) is 53.9 Å². The van der Waals surface area contributed by atoms with Gasteiger partial charge >= 0.3 is 5.97 Å². The van der Waals surface area contributed by atoms with Gasteiger partial charge in [0.25, 0.3) is 0 Å². The van der Waals surface area contributed by atoms with Crippen molar-refractivity contribution >= 4 is 29.9 Å². The van der Waals surface area contributed by atoms with Crippen LogP contribution in [-0.4, -0.2) is 80.3 Å². The second kappa shape index (κ2) is 10.9. The number of phenolic OH excluding ortho intramolecular Hbond substituents is 3. The number of fused-ring (bicyclic) bond motifs is 3. The Morgan fingerprint density at radius 2 is 1.73 bits per heavy atom. The Morgan fingerprint density at radius 1 is 1.10 bits per heavy atom. The lowest BCUT2D eigenvalue weighted by Crippen LogP contribution is -2.52. The van der Waals surface area contributed by atoms with Crippen molar-refractivity contribution in [2.75, 3.05) is 7.11 Å². The molecule has 1 aliphatic heterocycles. The Labute approximate surface area is 241 Å². The molecule has 2 aromatic rings. The van der Waals surface area contributed by atoms with Crippen LogP contribution >= 0.6 is 12.4 Å². The van der Waals surface area contributed by atoms with Crippen LogP contribution in [0.4, 0.5) is 0 Å². The molecule has 0 unspecified atom stereocenters. The predicted molar refractivity (Wildman–Crippen MR) is 143 cm³/mol. The van der Waals surface area contributed by atoms with Gasteiger partial charge in [-0.1, -0.05) is 19.1 Å². The highest BCUT2D eigenvalue weighted by atomic mass is 35.5. The van der Waals surface area contributed by atoms with Crippen molar-refractivity contribution < 1.29 is 54.1 Å². The molecule has 222 valence electrons. The van der Waals surface area contributed by atoms with Gasteiger partial charge in [-0.3, -0.25) is 14.4 Å². The van der Waals surface area contributed by atoms with Gasteiger partial charge in [0, 0.05) is 35.6 Å². The number of hydrogen-bond acceptors (Lipinski definition) is 12. The Bertz CT molecular complexity index is 1420. The van der Waals surface area contributed by atoms with E-state index in [9.17, 15) is 39.9 Å². The largest absolute Gasteiger partial charge is 0.507 e. The fourth-order valence-corrected chi connectivity index (χ4v) is 6.13. The average Bonchev–Trinajstić information content (AvgIpc) is 2.91. The highest BCUT2D eigenvalue weighted by Crippen LogP contribution is 2.57. The minimum atomic E-state index is -1.87. The van der Waals surface area contributed by atoms with Crippen LogP contribution in [0.5, 0.6) is 17.2 Å². The standard InChI is InChI=1S/C28H31NO11.ClH/c1-4-28(37)9-14(40-15-8-12(29)22(31)10(2)39-15)17-18(21(28)27(36)38-3)26(35)19-20(25(17)34)24(33)16-11(23(19)32)6-5-7-13(16)30;/h5-7,10,12,14-15,21-22,30-31,34-35,37H,4,8-9,29H2,1-3H3;1H/t10-,12-,14-,15-,21-,22+,28+;/m0./s1. The molecule has 0 amide bonds. The van der Waals surface area contributed by atoms with E-state index in [1.807, 2.05) is 0 Å². The molecule has 1 fully saturated rings. The molecule has 5 rings (SSSR count). The SMILES string of the molecule is CC[C@@]1(O)C[C@H](O[C@H]2C[C@H](N)[C@H](O)[C@H](C)O2)c2c(O)c3c(c(O)c2[C@H]1C(=O)OC)C(=O)c1cccc(O)c1C3=O.Cl. The number of benzene rings is 2. The van der Waals surface area contributed by atoms with Crippen molar-refractivity contribution in [1.82, 2.24) is 0 Å². The van der Waals surface area contributed by atoms with Crippen LogP contribution in [0.25, 0.3) is 0 Å². The van der Waals surface area contributed by atoms with Gasteiger partial charge in [0.1, 0.15) is 23.2 Å². The number of esters is 1. The molecule has 12 nitrogen and oxygen atoms in total. The maximum atomic E-state index is 13.6. The van der Waals surface area contributed by atoms with Crippen LogP contribution in [-0.2, 0) is 19.0 Å². The van der Waals surface area contributed by atoms with E-state index in [0.717, 1.165) is 7.11 Å². The van der Waals surface area contributed by atoms with Crippen LogP contribution in [0.2, 0.25) is 0 Å². The zero-order valence-corrected chi connectivity index (χ0v) is 23.3. The number of aliphatic hydroxyl groups is 2. The molecule has 1 heterocycles. The summed E-state index contributed by atoms with van der Waals surface area (Å²) in [5.74, 6) is -6.33. The Balaban J connectivity index is 0.00000387. The summed E-state index contributed by atoms with van der Waals surface area (Å²) < 4.78 is 16.8. The van der Waals surface area contributed by atoms with Gasteiger partial charge in [-0.2, -0.15) is 0 Å². The molecule has 1 saturated heterocycles. The van der Waals surface area contributed by atoms with E-state index in [2.05, 4.69) is 0 Å². The molecular formula is C28H32ClNO11. The van der Waals surface area contributed by atoms with Crippen molar-refractivity contribution in [2.45, 2.75) is 75.3 Å². The third-order valence-corrected chi connectivity index (χ3v) is 8.29. The minimum absolute atomic E-state index is 0. The molecule has 3 aliphatic rings. The molecule has 0 spiro atoms. The van der Waals surface area contributed by atoms with Gasteiger partial charge in [0.15, 0.2) is 12.1 Å². The van der Waals surface area contributed by atoms with Crippen molar-refractivity contribution in [2.24, 2.45) is 5.73 Å². The average molecular weight is 594 g/mol. The molecule has 13 heteroatoms. The summed E-state index contributed by atoms with van der Waals surface area (Å²) in [6, 6.07) is 3.14. The maximum Gasteiger partial charge on any atom is 0.316 e. The van der Waals surface area contributed by atoms with E-state index in [0.29, 0.717) is 0 Å². The smallest absolute Gasteiger partial charge is 0.316 e. The summed E-state index contributed by atoms with van der Waals surface area (Å²) in [5.41, 5.74) is 1.96. The lowest BCUT2D eigenvalue weighted by atomic mass is 9.66. The van der Waals surface area contributed by atoms with Crippen molar-refractivity contribution in [3.8, 4) is 17.2 Å². The molecule has 7 N–H and O–H groups in total. The second-order valence-electron chi connectivity index (χ2n) is 10.5. The first-order valence-electron chi connectivity index (χ1n) is 12.9. The lowest BCUT2D eigenvalue weighted by molar-refractivity contribution is -0.249. The molecular weight excluding hydrogens is 562 g/mol. The summed E-state index contributed by atoms with van der Waals surface area (Å²) >= 11 is 0. The number of phenols is 3. The first kappa shape index (κ1) is 30.7. The summed E-state index contributed by atoms with van der Waals surface area (Å²) in [5, 5.41) is 55.4. The van der Waals surface area contributed by atoms with Gasteiger partial charge in [-0.05, 0) is 19.4 Å². The first-order valence-corrected chi connectivity index (χ1v) is 12.9.